The number of thiazole rings is 1. The van der Waals surface area contributed by atoms with Gasteiger partial charge in [0.25, 0.3) is 11.6 Å². The number of nitrogens with zero attached hydrogens (tertiary/aromatic N) is 3. The molecule has 1 amide bonds. The van der Waals surface area contributed by atoms with Crippen molar-refractivity contribution in [3.8, 4) is 0 Å². The molecular weight excluding hydrogens is 406 g/mol. The summed E-state index contributed by atoms with van der Waals surface area (Å²) in [5.41, 5.74) is 0.300. The van der Waals surface area contributed by atoms with E-state index in [9.17, 15) is 19.7 Å². The first kappa shape index (κ1) is 21.3. The third-order valence-electron chi connectivity index (χ3n) is 3.37. The fourth-order valence-electron chi connectivity index (χ4n) is 2.11. The Labute approximate surface area is 169 Å². The van der Waals surface area contributed by atoms with E-state index < -0.39 is 16.8 Å². The maximum absolute atomic E-state index is 12.6. The average molecular weight is 422 g/mol. The maximum Gasteiger partial charge on any atom is 0.357 e. The molecule has 1 aromatic heterocycles. The minimum Gasteiger partial charge on any atom is -0.461 e. The molecule has 2 aromatic rings. The van der Waals surface area contributed by atoms with Crippen LogP contribution in [0.5, 0.6) is 0 Å². The molecular formula is C18H16ClN3O5S. The number of anilines is 1. The highest BCUT2D eigenvalue weighted by atomic mass is 35.5. The molecule has 1 heterocycles. The van der Waals surface area contributed by atoms with Crippen LogP contribution in [0.25, 0.3) is 6.08 Å². The number of esters is 1. The van der Waals surface area contributed by atoms with Crippen molar-refractivity contribution in [2.75, 3.05) is 18.1 Å². The molecule has 0 spiro atoms. The van der Waals surface area contributed by atoms with Gasteiger partial charge in [-0.2, -0.15) is 0 Å². The number of ether oxygens (including phenoxy) is 1. The molecule has 0 atom stereocenters. The van der Waals surface area contributed by atoms with Gasteiger partial charge >= 0.3 is 5.97 Å². The number of halogens is 1. The van der Waals surface area contributed by atoms with E-state index in [2.05, 4.69) is 11.6 Å². The van der Waals surface area contributed by atoms with E-state index in [0.29, 0.717) is 10.7 Å². The summed E-state index contributed by atoms with van der Waals surface area (Å²) < 4.78 is 4.89. The molecule has 8 nitrogen and oxygen atoms in total. The fraction of sp³-hybridized carbons (Fsp3) is 0.167. The largest absolute Gasteiger partial charge is 0.461 e. The van der Waals surface area contributed by atoms with Gasteiger partial charge in [0.15, 0.2) is 10.8 Å². The maximum atomic E-state index is 12.6. The van der Waals surface area contributed by atoms with Crippen LogP contribution in [0.3, 0.4) is 0 Å². The Bertz CT molecular complexity index is 941. The van der Waals surface area contributed by atoms with Crippen LogP contribution in [-0.4, -0.2) is 34.9 Å². The number of hydrogen-bond acceptors (Lipinski definition) is 7. The predicted molar refractivity (Wildman–Crippen MR) is 108 cm³/mol. The number of benzene rings is 1. The highest BCUT2D eigenvalue weighted by molar-refractivity contribution is 7.14. The SMILES string of the molecule is C=CCN(C(=O)/C=C/c1ccc(Cl)c([N+](=O)[O-])c1)c1nc(C(=O)OCC)cs1. The van der Waals surface area contributed by atoms with Crippen LogP contribution in [0.15, 0.2) is 42.3 Å². The van der Waals surface area contributed by atoms with Crippen molar-refractivity contribution in [2.45, 2.75) is 6.92 Å². The summed E-state index contributed by atoms with van der Waals surface area (Å²) in [4.78, 5) is 40.1. The first-order valence-electron chi connectivity index (χ1n) is 8.04. The van der Waals surface area contributed by atoms with Crippen LogP contribution in [-0.2, 0) is 9.53 Å². The molecule has 0 unspecified atom stereocenters. The molecule has 0 N–H and O–H groups in total. The second kappa shape index (κ2) is 9.77. The van der Waals surface area contributed by atoms with Gasteiger partial charge < -0.3 is 4.74 Å². The summed E-state index contributed by atoms with van der Waals surface area (Å²) >= 11 is 6.89. The van der Waals surface area contributed by atoms with E-state index in [4.69, 9.17) is 16.3 Å². The minimum absolute atomic E-state index is 0.0102. The molecule has 0 aliphatic carbocycles. The monoisotopic (exact) mass is 421 g/mol. The van der Waals surface area contributed by atoms with E-state index >= 15 is 0 Å². The Morgan fingerprint density at radius 2 is 2.21 bits per heavy atom. The van der Waals surface area contributed by atoms with E-state index in [1.54, 1.807) is 13.0 Å². The first-order valence-corrected chi connectivity index (χ1v) is 9.30. The second-order valence-corrected chi connectivity index (χ2v) is 6.52. The average Bonchev–Trinajstić information content (AvgIpc) is 3.15. The molecule has 0 radical (unpaired) electrons. The summed E-state index contributed by atoms with van der Waals surface area (Å²) in [5, 5.41) is 12.8. The molecule has 0 saturated heterocycles. The third-order valence-corrected chi connectivity index (χ3v) is 4.55. The number of carbonyl (C=O) groups excluding carboxylic acids is 2. The molecule has 0 saturated carbocycles. The topological polar surface area (TPSA) is 103 Å². The van der Waals surface area contributed by atoms with E-state index in [1.807, 2.05) is 0 Å². The van der Waals surface area contributed by atoms with Crippen molar-refractivity contribution in [1.29, 1.82) is 0 Å². The van der Waals surface area contributed by atoms with Gasteiger partial charge in [-0.05, 0) is 24.6 Å². The summed E-state index contributed by atoms with van der Waals surface area (Å²) in [5.74, 6) is -0.998. The van der Waals surface area contributed by atoms with Gasteiger partial charge in [-0.1, -0.05) is 23.7 Å². The zero-order chi connectivity index (χ0) is 20.7. The van der Waals surface area contributed by atoms with Gasteiger partial charge in [-0.15, -0.1) is 17.9 Å². The number of carbonyl (C=O) groups is 2. The molecule has 146 valence electrons. The van der Waals surface area contributed by atoms with Crippen molar-refractivity contribution in [3.05, 3.63) is 68.7 Å². The van der Waals surface area contributed by atoms with Crippen molar-refractivity contribution in [1.82, 2.24) is 4.98 Å². The van der Waals surface area contributed by atoms with E-state index in [1.165, 1.54) is 40.6 Å². The van der Waals surface area contributed by atoms with Crippen molar-refractivity contribution < 1.29 is 19.2 Å². The normalized spacial score (nSPS) is 10.6. The summed E-state index contributed by atoms with van der Waals surface area (Å²) in [6.07, 6.45) is 4.20. The number of nitro benzene ring substituents is 1. The van der Waals surface area contributed by atoms with E-state index in [0.717, 1.165) is 11.3 Å². The van der Waals surface area contributed by atoms with Crippen LogP contribution in [0.1, 0.15) is 23.0 Å². The highest BCUT2D eigenvalue weighted by Crippen LogP contribution is 2.26. The smallest absolute Gasteiger partial charge is 0.357 e. The number of aromatic nitrogens is 1. The third kappa shape index (κ3) is 5.24. The minimum atomic E-state index is -0.599. The molecule has 0 bridgehead atoms. The Hall–Kier alpha value is -3.04. The number of amides is 1. The van der Waals surface area contributed by atoms with Crippen LogP contribution in [0, 0.1) is 10.1 Å². The summed E-state index contributed by atoms with van der Waals surface area (Å²) in [6, 6.07) is 4.21. The highest BCUT2D eigenvalue weighted by Gasteiger charge is 2.19. The first-order chi connectivity index (χ1) is 13.4. The van der Waals surface area contributed by atoms with Crippen LogP contribution < -0.4 is 4.90 Å². The number of hydrogen-bond donors (Lipinski definition) is 0. The zero-order valence-corrected chi connectivity index (χ0v) is 16.4. The fourth-order valence-corrected chi connectivity index (χ4v) is 3.10. The Balaban J connectivity index is 2.22. The lowest BCUT2D eigenvalue weighted by atomic mass is 10.2. The predicted octanol–water partition coefficient (Wildman–Crippen LogP) is 4.11. The summed E-state index contributed by atoms with van der Waals surface area (Å²) in [6.45, 7) is 5.69. The van der Waals surface area contributed by atoms with Gasteiger partial charge in [0, 0.05) is 24.1 Å². The van der Waals surface area contributed by atoms with E-state index in [-0.39, 0.29) is 29.6 Å². The molecule has 0 aliphatic heterocycles. The van der Waals surface area contributed by atoms with Crippen molar-refractivity contribution in [2.24, 2.45) is 0 Å². The second-order valence-electron chi connectivity index (χ2n) is 5.27. The Kier molecular flexibility index (Phi) is 7.42. The van der Waals surface area contributed by atoms with Crippen molar-refractivity contribution in [3.63, 3.8) is 0 Å². The quantitative estimate of drug-likeness (QED) is 0.209. The lowest BCUT2D eigenvalue weighted by Crippen LogP contribution is -2.29. The van der Waals surface area contributed by atoms with Crippen LogP contribution >= 0.6 is 22.9 Å². The lowest BCUT2D eigenvalue weighted by Gasteiger charge is -2.15. The summed E-state index contributed by atoms with van der Waals surface area (Å²) in [7, 11) is 0. The molecule has 0 aliphatic rings. The molecule has 1 aromatic carbocycles. The Morgan fingerprint density at radius 3 is 2.86 bits per heavy atom. The Morgan fingerprint density at radius 1 is 1.46 bits per heavy atom. The standard InChI is InChI=1S/C18H16ClN3O5S/c1-3-9-21(18-20-14(11-28-18)17(24)27-4-2)16(23)8-6-12-5-7-13(19)15(10-12)22(25)26/h3,5-8,10-11H,1,4,9H2,2H3/b8-6+. The van der Waals surface area contributed by atoms with Crippen LogP contribution in [0.2, 0.25) is 5.02 Å². The molecule has 28 heavy (non-hydrogen) atoms. The van der Waals surface area contributed by atoms with Gasteiger partial charge in [-0.3, -0.25) is 19.8 Å². The number of nitro groups is 1. The van der Waals surface area contributed by atoms with Gasteiger partial charge in [0.2, 0.25) is 0 Å². The molecule has 0 fully saturated rings. The molecule has 10 heteroatoms. The zero-order valence-electron chi connectivity index (χ0n) is 14.8. The number of rotatable bonds is 8. The molecule has 2 rings (SSSR count). The van der Waals surface area contributed by atoms with Gasteiger partial charge in [0.1, 0.15) is 5.02 Å². The van der Waals surface area contributed by atoms with Gasteiger partial charge in [0.05, 0.1) is 11.5 Å². The van der Waals surface area contributed by atoms with Crippen molar-refractivity contribution >= 4 is 51.7 Å². The lowest BCUT2D eigenvalue weighted by molar-refractivity contribution is -0.384. The van der Waals surface area contributed by atoms with Crippen LogP contribution in [0.4, 0.5) is 10.8 Å². The van der Waals surface area contributed by atoms with Gasteiger partial charge in [-0.25, -0.2) is 9.78 Å².